The third-order valence-electron chi connectivity index (χ3n) is 13.8. The zero-order valence-corrected chi connectivity index (χ0v) is 50.7. The Balaban J connectivity index is 2.71. The van der Waals surface area contributed by atoms with E-state index in [0.29, 0.717) is 19.3 Å². The number of carboxylic acids is 1. The molecule has 0 radical (unpaired) electrons. The van der Waals surface area contributed by atoms with Gasteiger partial charge in [0.25, 0.3) is 0 Å². The van der Waals surface area contributed by atoms with Gasteiger partial charge in [0.1, 0.15) is 18.8 Å². The van der Waals surface area contributed by atoms with Crippen LogP contribution in [0, 0.1) is 0 Å². The summed E-state index contributed by atoms with van der Waals surface area (Å²) in [6.45, 7) is 5.79. The lowest BCUT2D eigenvalue weighted by molar-refractivity contribution is -0.301. The third kappa shape index (κ3) is 45.6. The second-order valence-corrected chi connectivity index (χ2v) is 21.3. The summed E-state index contributed by atoms with van der Waals surface area (Å²) in [5.41, 5.74) is 0. The molecule has 0 amide bonds. The molecule has 6 atom stereocenters. The van der Waals surface area contributed by atoms with E-state index in [1.807, 2.05) is 0 Å². The minimum absolute atomic E-state index is 0.0416. The fourth-order valence-corrected chi connectivity index (χ4v) is 8.92. The monoisotopic (exact) mass is 1130 g/mol. The molecule has 1 fully saturated rings. The number of carbonyl (C=O) groups excluding carboxylic acids is 3. The van der Waals surface area contributed by atoms with Gasteiger partial charge in [-0.15, -0.1) is 0 Å². The summed E-state index contributed by atoms with van der Waals surface area (Å²) in [4.78, 5) is 51.3. The molecule has 3 N–H and O–H groups in total. The van der Waals surface area contributed by atoms with Crippen LogP contribution in [0.5, 0.6) is 0 Å². The molecule has 0 spiro atoms. The molecule has 12 nitrogen and oxygen atoms in total. The Kier molecular flexibility index (Phi) is 51.3. The highest BCUT2D eigenvalue weighted by atomic mass is 16.7. The largest absolute Gasteiger partial charge is 0.479 e. The van der Waals surface area contributed by atoms with Crippen LogP contribution < -0.4 is 0 Å². The van der Waals surface area contributed by atoms with Crippen LogP contribution in [0.2, 0.25) is 0 Å². The molecule has 0 aromatic heterocycles. The highest BCUT2D eigenvalue weighted by Gasteiger charge is 2.50. The quantitative estimate of drug-likeness (QED) is 0.0228. The molecule has 1 heterocycles. The molecule has 0 bridgehead atoms. The van der Waals surface area contributed by atoms with Crippen LogP contribution in [-0.4, -0.2) is 89.2 Å². The zero-order valence-electron chi connectivity index (χ0n) is 50.7. The van der Waals surface area contributed by atoms with E-state index in [9.17, 15) is 34.5 Å². The van der Waals surface area contributed by atoms with Gasteiger partial charge in [-0.1, -0.05) is 214 Å². The van der Waals surface area contributed by atoms with E-state index in [4.69, 9.17) is 23.7 Å². The number of rotatable bonds is 53. The Morgan fingerprint density at radius 1 is 0.420 bits per heavy atom. The SMILES string of the molecule is CC/C=C\C/C=C\C/C=C\C/C=C\C/C=C\CCCCCC(=O)OCC(COC1OC(C(=O)O)C(O)C(O)C1OC(=O)CCCCCCCCC/C=C\C/C=C\CCCCC)OC(=O)CCCCCCC/C=C\C/C=C\CCCCC. The van der Waals surface area contributed by atoms with Crippen molar-refractivity contribution in [3.63, 3.8) is 0 Å². The normalized spacial score (nSPS) is 18.5. The van der Waals surface area contributed by atoms with E-state index in [1.54, 1.807) is 0 Å². The number of hydrogen-bond acceptors (Lipinski definition) is 11. The van der Waals surface area contributed by atoms with Crippen molar-refractivity contribution in [3.05, 3.63) is 109 Å². The number of aliphatic carboxylic acids is 1. The van der Waals surface area contributed by atoms with Crippen molar-refractivity contribution in [2.24, 2.45) is 0 Å². The summed E-state index contributed by atoms with van der Waals surface area (Å²) in [5.74, 6) is -3.20. The van der Waals surface area contributed by atoms with Crippen LogP contribution in [0.25, 0.3) is 0 Å². The van der Waals surface area contributed by atoms with Crippen LogP contribution in [0.15, 0.2) is 109 Å². The van der Waals surface area contributed by atoms with E-state index in [1.165, 1.54) is 38.5 Å². The van der Waals surface area contributed by atoms with Crippen LogP contribution in [-0.2, 0) is 42.9 Å². The van der Waals surface area contributed by atoms with Gasteiger partial charge in [0, 0.05) is 19.3 Å². The maximum absolute atomic E-state index is 13.2. The minimum atomic E-state index is -1.92. The number of carbonyl (C=O) groups is 4. The topological polar surface area (TPSA) is 175 Å². The summed E-state index contributed by atoms with van der Waals surface area (Å²) in [6.07, 6.45) is 63.2. The summed E-state index contributed by atoms with van der Waals surface area (Å²) < 4.78 is 28.5. The number of unbranched alkanes of at least 4 members (excludes halogenated alkanes) is 21. The minimum Gasteiger partial charge on any atom is -0.479 e. The van der Waals surface area contributed by atoms with Crippen LogP contribution in [0.1, 0.15) is 252 Å². The molecule has 460 valence electrons. The fraction of sp³-hybridized carbons (Fsp3) is 0.681. The number of aliphatic hydroxyl groups is 2. The number of esters is 3. The van der Waals surface area contributed by atoms with Crippen molar-refractivity contribution in [1.82, 2.24) is 0 Å². The fourth-order valence-electron chi connectivity index (χ4n) is 8.92. The molecule has 0 aromatic carbocycles. The van der Waals surface area contributed by atoms with Crippen molar-refractivity contribution in [1.29, 1.82) is 0 Å². The number of allylic oxidation sites excluding steroid dienone is 18. The molecule has 0 aromatic rings. The second-order valence-electron chi connectivity index (χ2n) is 21.3. The number of ether oxygens (including phenoxy) is 5. The molecule has 6 unspecified atom stereocenters. The van der Waals surface area contributed by atoms with Gasteiger partial charge < -0.3 is 39.0 Å². The molecule has 1 aliphatic rings. The van der Waals surface area contributed by atoms with Gasteiger partial charge in [-0.2, -0.15) is 0 Å². The average Bonchev–Trinajstić information content (AvgIpc) is 3.53. The maximum Gasteiger partial charge on any atom is 0.335 e. The van der Waals surface area contributed by atoms with Gasteiger partial charge >= 0.3 is 23.9 Å². The highest BCUT2D eigenvalue weighted by Crippen LogP contribution is 2.26. The van der Waals surface area contributed by atoms with Crippen LogP contribution >= 0.6 is 0 Å². The zero-order chi connectivity index (χ0) is 58.9. The lowest BCUT2D eigenvalue weighted by atomic mass is 9.98. The number of carboxylic acid groups (broad SMARTS) is 1. The van der Waals surface area contributed by atoms with Gasteiger partial charge in [0.2, 0.25) is 0 Å². The Hall–Kier alpha value is -4.62. The third-order valence-corrected chi connectivity index (χ3v) is 13.8. The standard InChI is InChI=1S/C69H112O12/c1-4-7-10-13-16-19-22-25-28-30-31-33-35-37-40-43-46-49-52-55-61(70)77-58-60(79-62(71)56-53-50-47-44-41-38-34-27-24-21-18-15-12-9-6-3)59-78-69-67(65(74)64(73)66(81-69)68(75)76)80-63(72)57-54-51-48-45-42-39-36-32-29-26-23-20-17-14-11-8-5-2/h7,10,16-21,25-29,31,33-34,37,40,60,64-67,69,73-74H,4-6,8-9,11-15,22-24,30,32,35-36,38-39,41-59H2,1-3H3,(H,75,76)/b10-7-,19-16-,20-17-,21-18-,28-25-,29-26-,33-31-,34-27-,40-37-. The predicted molar refractivity (Wildman–Crippen MR) is 330 cm³/mol. The molecule has 0 saturated carbocycles. The Morgan fingerprint density at radius 3 is 1.20 bits per heavy atom. The lowest BCUT2D eigenvalue weighted by Gasteiger charge is -2.40. The summed E-state index contributed by atoms with van der Waals surface area (Å²) in [5, 5.41) is 31.6. The number of hydrogen-bond donors (Lipinski definition) is 3. The molecule has 1 saturated heterocycles. The van der Waals surface area contributed by atoms with E-state index in [2.05, 4.69) is 130 Å². The van der Waals surface area contributed by atoms with E-state index in [0.717, 1.165) is 154 Å². The summed E-state index contributed by atoms with van der Waals surface area (Å²) in [7, 11) is 0. The van der Waals surface area contributed by atoms with Gasteiger partial charge in [-0.3, -0.25) is 14.4 Å². The van der Waals surface area contributed by atoms with Crippen molar-refractivity contribution in [3.8, 4) is 0 Å². The van der Waals surface area contributed by atoms with E-state index < -0.39 is 67.3 Å². The molecular formula is C69H112O12. The molecule has 0 aliphatic carbocycles. The van der Waals surface area contributed by atoms with Gasteiger partial charge in [-0.05, 0) is 128 Å². The maximum atomic E-state index is 13.2. The average molecular weight is 1130 g/mol. The van der Waals surface area contributed by atoms with Crippen molar-refractivity contribution >= 4 is 23.9 Å². The van der Waals surface area contributed by atoms with E-state index in [-0.39, 0.29) is 25.9 Å². The lowest BCUT2D eigenvalue weighted by Crippen LogP contribution is -2.61. The van der Waals surface area contributed by atoms with Crippen molar-refractivity contribution < 1.29 is 58.2 Å². The van der Waals surface area contributed by atoms with E-state index >= 15 is 0 Å². The Morgan fingerprint density at radius 2 is 0.778 bits per heavy atom. The van der Waals surface area contributed by atoms with Crippen LogP contribution in [0.3, 0.4) is 0 Å². The molecule has 1 aliphatic heterocycles. The van der Waals surface area contributed by atoms with Gasteiger partial charge in [0.15, 0.2) is 24.6 Å². The Labute approximate surface area is 491 Å². The highest BCUT2D eigenvalue weighted by molar-refractivity contribution is 5.74. The first-order chi connectivity index (χ1) is 39.6. The molecule has 81 heavy (non-hydrogen) atoms. The van der Waals surface area contributed by atoms with Crippen molar-refractivity contribution in [2.75, 3.05) is 13.2 Å². The van der Waals surface area contributed by atoms with Crippen LogP contribution in [0.4, 0.5) is 0 Å². The Bertz CT molecular complexity index is 1820. The summed E-state index contributed by atoms with van der Waals surface area (Å²) >= 11 is 0. The van der Waals surface area contributed by atoms with Crippen molar-refractivity contribution in [2.45, 2.75) is 289 Å². The first kappa shape index (κ1) is 74.4. The predicted octanol–water partition coefficient (Wildman–Crippen LogP) is 17.0. The van der Waals surface area contributed by atoms with Gasteiger partial charge in [0.05, 0.1) is 6.61 Å². The smallest absolute Gasteiger partial charge is 0.335 e. The first-order valence-electron chi connectivity index (χ1n) is 31.9. The molecular weight excluding hydrogens is 1020 g/mol. The second kappa shape index (κ2) is 55.9. The molecule has 1 rings (SSSR count). The number of aliphatic hydroxyl groups excluding tert-OH is 2. The van der Waals surface area contributed by atoms with Gasteiger partial charge in [-0.25, -0.2) is 4.79 Å². The first-order valence-corrected chi connectivity index (χ1v) is 31.9. The summed E-state index contributed by atoms with van der Waals surface area (Å²) in [6, 6.07) is 0. The molecule has 12 heteroatoms.